The van der Waals surface area contributed by atoms with Crippen molar-refractivity contribution in [1.29, 1.82) is 0 Å². The summed E-state index contributed by atoms with van der Waals surface area (Å²) in [4.78, 5) is 12.5. The molecular weight excluding hydrogens is 372 g/mol. The molecule has 1 aliphatic heterocycles. The van der Waals surface area contributed by atoms with Gasteiger partial charge in [0.15, 0.2) is 6.79 Å². The number of hydrogen-bond acceptors (Lipinski definition) is 6. The van der Waals surface area contributed by atoms with Gasteiger partial charge in [0.2, 0.25) is 0 Å². The number of para-hydroxylation sites is 1. The van der Waals surface area contributed by atoms with Gasteiger partial charge in [0.25, 0.3) is 0 Å². The molecule has 0 unspecified atom stereocenters. The van der Waals surface area contributed by atoms with E-state index < -0.39 is 11.6 Å². The number of ether oxygens (including phenoxy) is 4. The first kappa shape index (κ1) is 20.5. The third kappa shape index (κ3) is 4.43. The van der Waals surface area contributed by atoms with Gasteiger partial charge in [0.1, 0.15) is 22.8 Å². The highest BCUT2D eigenvalue weighted by Crippen LogP contribution is 2.40. The average Bonchev–Trinajstić information content (AvgIpc) is 2.71. The second-order valence-corrected chi connectivity index (χ2v) is 7.05. The predicted molar refractivity (Wildman–Crippen MR) is 111 cm³/mol. The number of carbonyl (C=O) groups is 1. The molecule has 0 radical (unpaired) electrons. The first-order chi connectivity index (χ1) is 13.9. The summed E-state index contributed by atoms with van der Waals surface area (Å²) in [6.07, 6.45) is 5.26. The minimum atomic E-state index is -0.552. The van der Waals surface area contributed by atoms with Gasteiger partial charge in [0.05, 0.1) is 18.2 Å². The lowest BCUT2D eigenvalue weighted by Gasteiger charge is -2.28. The molecule has 0 amide bonds. The van der Waals surface area contributed by atoms with Crippen LogP contribution in [0.1, 0.15) is 30.5 Å². The van der Waals surface area contributed by atoms with E-state index in [1.807, 2.05) is 26.0 Å². The SMILES string of the molecule is COCOc1ccccc1C(=Cc1ccc2c(c1O)C=CC(C)(C)O2)C(=O)OC. The number of rotatable bonds is 6. The van der Waals surface area contributed by atoms with Crippen LogP contribution in [0.15, 0.2) is 42.5 Å². The molecule has 0 spiro atoms. The molecule has 152 valence electrons. The Labute approximate surface area is 170 Å². The Morgan fingerprint density at radius 3 is 2.66 bits per heavy atom. The van der Waals surface area contributed by atoms with E-state index in [0.717, 1.165) is 0 Å². The van der Waals surface area contributed by atoms with Gasteiger partial charge in [-0.2, -0.15) is 0 Å². The molecule has 0 aromatic heterocycles. The smallest absolute Gasteiger partial charge is 0.338 e. The second-order valence-electron chi connectivity index (χ2n) is 7.05. The minimum absolute atomic E-state index is 0.0194. The summed E-state index contributed by atoms with van der Waals surface area (Å²) >= 11 is 0. The van der Waals surface area contributed by atoms with E-state index in [1.165, 1.54) is 14.2 Å². The Hall–Kier alpha value is -3.25. The molecule has 1 heterocycles. The van der Waals surface area contributed by atoms with E-state index in [1.54, 1.807) is 42.5 Å². The highest BCUT2D eigenvalue weighted by atomic mass is 16.7. The van der Waals surface area contributed by atoms with E-state index in [0.29, 0.717) is 28.2 Å². The van der Waals surface area contributed by atoms with Crippen molar-refractivity contribution in [3.8, 4) is 17.2 Å². The molecule has 29 heavy (non-hydrogen) atoms. The number of methoxy groups -OCH3 is 2. The van der Waals surface area contributed by atoms with Crippen LogP contribution >= 0.6 is 0 Å². The Kier molecular flexibility index (Phi) is 5.94. The normalized spacial score (nSPS) is 14.7. The maximum absolute atomic E-state index is 12.5. The van der Waals surface area contributed by atoms with Crippen molar-refractivity contribution in [2.24, 2.45) is 0 Å². The van der Waals surface area contributed by atoms with Crippen molar-refractivity contribution >= 4 is 23.7 Å². The summed E-state index contributed by atoms with van der Waals surface area (Å²) in [5.41, 5.74) is 1.34. The lowest BCUT2D eigenvalue weighted by Crippen LogP contribution is -2.27. The van der Waals surface area contributed by atoms with Crippen LogP contribution < -0.4 is 9.47 Å². The molecule has 0 aliphatic carbocycles. The molecule has 0 saturated heterocycles. The lowest BCUT2D eigenvalue weighted by atomic mass is 9.97. The monoisotopic (exact) mass is 396 g/mol. The van der Waals surface area contributed by atoms with Crippen molar-refractivity contribution in [1.82, 2.24) is 0 Å². The zero-order chi connectivity index (χ0) is 21.0. The summed E-state index contributed by atoms with van der Waals surface area (Å²) in [6, 6.07) is 10.5. The fourth-order valence-electron chi connectivity index (χ4n) is 3.02. The third-order valence-electron chi connectivity index (χ3n) is 4.45. The zero-order valence-electron chi connectivity index (χ0n) is 16.9. The molecule has 6 heteroatoms. The highest BCUT2D eigenvalue weighted by Gasteiger charge is 2.25. The Morgan fingerprint density at radius 1 is 1.17 bits per heavy atom. The van der Waals surface area contributed by atoms with Crippen LogP contribution in [0.2, 0.25) is 0 Å². The van der Waals surface area contributed by atoms with Crippen molar-refractivity contribution < 1.29 is 28.8 Å². The summed E-state index contributed by atoms with van der Waals surface area (Å²) < 4.78 is 21.4. The quantitative estimate of drug-likeness (QED) is 0.340. The predicted octanol–water partition coefficient (Wildman–Crippen LogP) is 4.27. The van der Waals surface area contributed by atoms with Crippen LogP contribution in [0, 0.1) is 0 Å². The molecule has 2 aromatic rings. The van der Waals surface area contributed by atoms with Crippen molar-refractivity contribution in [3.63, 3.8) is 0 Å². The van der Waals surface area contributed by atoms with E-state index in [4.69, 9.17) is 18.9 Å². The van der Waals surface area contributed by atoms with Crippen LogP contribution in [0.4, 0.5) is 0 Å². The molecule has 0 saturated carbocycles. The van der Waals surface area contributed by atoms with Gasteiger partial charge in [-0.05, 0) is 50.3 Å². The van der Waals surface area contributed by atoms with E-state index in [9.17, 15) is 9.90 Å². The number of carbonyl (C=O) groups excluding carboxylic acids is 1. The zero-order valence-corrected chi connectivity index (χ0v) is 16.9. The van der Waals surface area contributed by atoms with Crippen molar-refractivity contribution in [2.75, 3.05) is 21.0 Å². The van der Waals surface area contributed by atoms with Gasteiger partial charge >= 0.3 is 5.97 Å². The fourth-order valence-corrected chi connectivity index (χ4v) is 3.02. The minimum Gasteiger partial charge on any atom is -0.507 e. The van der Waals surface area contributed by atoms with E-state index in [-0.39, 0.29) is 18.1 Å². The van der Waals surface area contributed by atoms with Gasteiger partial charge in [-0.1, -0.05) is 18.2 Å². The summed E-state index contributed by atoms with van der Waals surface area (Å²) in [6.45, 7) is 3.90. The van der Waals surface area contributed by atoms with Gasteiger partial charge in [-0.3, -0.25) is 0 Å². The second kappa shape index (κ2) is 8.41. The van der Waals surface area contributed by atoms with Crippen molar-refractivity contribution in [2.45, 2.75) is 19.4 Å². The number of hydrogen-bond donors (Lipinski definition) is 1. The third-order valence-corrected chi connectivity index (χ3v) is 4.45. The Morgan fingerprint density at radius 2 is 1.93 bits per heavy atom. The summed E-state index contributed by atoms with van der Waals surface area (Å²) in [7, 11) is 2.82. The largest absolute Gasteiger partial charge is 0.507 e. The number of esters is 1. The fraction of sp³-hybridized carbons (Fsp3) is 0.261. The maximum atomic E-state index is 12.5. The Balaban J connectivity index is 2.10. The first-order valence-corrected chi connectivity index (χ1v) is 9.11. The average molecular weight is 396 g/mol. The van der Waals surface area contributed by atoms with Crippen LogP contribution in [0.5, 0.6) is 17.2 Å². The maximum Gasteiger partial charge on any atom is 0.338 e. The van der Waals surface area contributed by atoms with Gasteiger partial charge in [0, 0.05) is 18.2 Å². The van der Waals surface area contributed by atoms with Crippen LogP contribution in [-0.4, -0.2) is 37.7 Å². The molecule has 0 bridgehead atoms. The number of benzene rings is 2. The topological polar surface area (TPSA) is 74.2 Å². The molecule has 0 fully saturated rings. The van der Waals surface area contributed by atoms with Crippen molar-refractivity contribution in [3.05, 3.63) is 59.2 Å². The number of phenols is 1. The molecule has 1 N–H and O–H groups in total. The molecule has 6 nitrogen and oxygen atoms in total. The first-order valence-electron chi connectivity index (χ1n) is 9.11. The molecule has 3 rings (SSSR count). The molecular formula is C23H24O6. The molecule has 1 aliphatic rings. The highest BCUT2D eigenvalue weighted by molar-refractivity contribution is 6.22. The molecule has 2 aromatic carbocycles. The van der Waals surface area contributed by atoms with Crippen LogP contribution in [0.3, 0.4) is 0 Å². The number of phenolic OH excluding ortho intramolecular Hbond substituents is 1. The molecule has 0 atom stereocenters. The standard InChI is InChI=1S/C23H24O6/c1-23(2)12-11-17-20(29-23)10-9-15(21(17)24)13-18(22(25)27-4)16-7-5-6-8-19(16)28-14-26-3/h5-13,24H,14H2,1-4H3. The van der Waals surface area contributed by atoms with E-state index >= 15 is 0 Å². The van der Waals surface area contributed by atoms with Crippen LogP contribution in [-0.2, 0) is 14.3 Å². The van der Waals surface area contributed by atoms with Crippen LogP contribution in [0.25, 0.3) is 17.7 Å². The Bertz CT molecular complexity index is 971. The summed E-state index contributed by atoms with van der Waals surface area (Å²) in [5.74, 6) is 0.512. The van der Waals surface area contributed by atoms with Gasteiger partial charge in [-0.15, -0.1) is 0 Å². The number of aromatic hydroxyl groups is 1. The summed E-state index contributed by atoms with van der Waals surface area (Å²) in [5, 5.41) is 10.8. The van der Waals surface area contributed by atoms with Gasteiger partial charge in [-0.25, -0.2) is 4.79 Å². The number of fused-ring (bicyclic) bond motifs is 1. The lowest BCUT2D eigenvalue weighted by molar-refractivity contribution is -0.133. The van der Waals surface area contributed by atoms with E-state index in [2.05, 4.69) is 0 Å². The van der Waals surface area contributed by atoms with Gasteiger partial charge < -0.3 is 24.1 Å².